The van der Waals surface area contributed by atoms with E-state index in [9.17, 15) is 17.6 Å². The van der Waals surface area contributed by atoms with Crippen molar-refractivity contribution < 1.29 is 17.6 Å². The number of nitrogens with two attached hydrogens (primary N) is 1. The van der Waals surface area contributed by atoms with Gasteiger partial charge in [-0.1, -0.05) is 20.8 Å². The molecule has 0 saturated carbocycles. The molecule has 0 radical (unpaired) electrons. The maximum absolute atomic E-state index is 13.9. The summed E-state index contributed by atoms with van der Waals surface area (Å²) in [4.78, 5) is 15.7. The minimum absolute atomic E-state index is 0.121. The predicted octanol–water partition coefficient (Wildman–Crippen LogP) is 5.20. The summed E-state index contributed by atoms with van der Waals surface area (Å²) in [6.07, 6.45) is 0.0872. The largest absolute Gasteiger partial charge is 0.419 e. The van der Waals surface area contributed by atoms with Crippen molar-refractivity contribution >= 4 is 11.6 Å². The van der Waals surface area contributed by atoms with E-state index in [2.05, 4.69) is 34.0 Å². The van der Waals surface area contributed by atoms with Crippen molar-refractivity contribution in [1.29, 1.82) is 0 Å². The lowest BCUT2D eigenvalue weighted by atomic mass is 9.94. The van der Waals surface area contributed by atoms with E-state index in [1.54, 1.807) is 6.20 Å². The molecule has 37 heavy (non-hydrogen) atoms. The number of nitrogens with zero attached hydrogens (tertiary/aromatic N) is 5. The van der Waals surface area contributed by atoms with E-state index in [0.717, 1.165) is 61.8 Å². The molecule has 1 saturated heterocycles. The number of benzene rings is 1. The van der Waals surface area contributed by atoms with E-state index >= 15 is 0 Å². The van der Waals surface area contributed by atoms with Crippen LogP contribution in [0.2, 0.25) is 0 Å². The van der Waals surface area contributed by atoms with Crippen molar-refractivity contribution in [2.45, 2.75) is 58.2 Å². The van der Waals surface area contributed by atoms with Gasteiger partial charge in [-0.05, 0) is 43.5 Å². The molecule has 3 N–H and O–H groups in total. The Labute approximate surface area is 214 Å². The van der Waals surface area contributed by atoms with Crippen molar-refractivity contribution in [1.82, 2.24) is 24.8 Å². The van der Waals surface area contributed by atoms with Crippen molar-refractivity contribution in [2.24, 2.45) is 0 Å². The molecule has 1 fully saturated rings. The van der Waals surface area contributed by atoms with Gasteiger partial charge in [-0.2, -0.15) is 13.2 Å². The number of halogens is 4. The number of aromatic nitrogens is 4. The van der Waals surface area contributed by atoms with Gasteiger partial charge < -0.3 is 20.5 Å². The fourth-order valence-electron chi connectivity index (χ4n) is 4.91. The van der Waals surface area contributed by atoms with Crippen molar-refractivity contribution in [2.75, 3.05) is 36.8 Å². The first-order valence-corrected chi connectivity index (χ1v) is 12.6. The number of hydrogen-bond donors (Lipinski definition) is 2. The van der Waals surface area contributed by atoms with E-state index < -0.39 is 17.6 Å². The van der Waals surface area contributed by atoms with Crippen LogP contribution in [-0.2, 0) is 12.7 Å². The Kier molecular flexibility index (Phi) is 8.01. The maximum Gasteiger partial charge on any atom is 0.419 e. The van der Waals surface area contributed by atoms with Crippen molar-refractivity contribution in [3.63, 3.8) is 0 Å². The van der Waals surface area contributed by atoms with E-state index in [1.165, 1.54) is 12.4 Å². The number of nitrogens with one attached hydrogen (secondary N) is 1. The summed E-state index contributed by atoms with van der Waals surface area (Å²) >= 11 is 0. The smallest absolute Gasteiger partial charge is 0.383 e. The average molecular weight is 520 g/mol. The SMILES string of the molecule is CCNCCn1cc(-c2ccc(F)c(C(F)(F)F)c2)nc1C1CCN(c2ncnc(N)c2C(C)C)CC1. The fraction of sp³-hybridized carbons (Fsp3) is 0.500. The number of nitrogen functional groups attached to an aromatic ring is 1. The highest BCUT2D eigenvalue weighted by molar-refractivity contribution is 5.61. The van der Waals surface area contributed by atoms with Gasteiger partial charge in [-0.15, -0.1) is 0 Å². The lowest BCUT2D eigenvalue weighted by molar-refractivity contribution is -0.139. The van der Waals surface area contributed by atoms with Gasteiger partial charge in [0.05, 0.1) is 11.3 Å². The number of anilines is 2. The van der Waals surface area contributed by atoms with Gasteiger partial charge in [0.1, 0.15) is 29.6 Å². The molecule has 0 spiro atoms. The lowest BCUT2D eigenvalue weighted by Crippen LogP contribution is -2.35. The van der Waals surface area contributed by atoms with Gasteiger partial charge in [0.25, 0.3) is 0 Å². The average Bonchev–Trinajstić information content (AvgIpc) is 3.27. The topological polar surface area (TPSA) is 84.9 Å². The van der Waals surface area contributed by atoms with Gasteiger partial charge in [-0.25, -0.2) is 19.3 Å². The highest BCUT2D eigenvalue weighted by Gasteiger charge is 2.35. The molecule has 1 aromatic carbocycles. The van der Waals surface area contributed by atoms with Crippen LogP contribution in [0, 0.1) is 5.82 Å². The molecule has 200 valence electrons. The third kappa shape index (κ3) is 5.87. The van der Waals surface area contributed by atoms with Crippen LogP contribution in [-0.4, -0.2) is 45.7 Å². The number of likely N-dealkylation sites (N-methyl/N-ethyl adjacent to an activating group) is 1. The molecule has 7 nitrogen and oxygen atoms in total. The van der Waals surface area contributed by atoms with E-state index in [0.29, 0.717) is 24.6 Å². The number of imidazole rings is 1. The third-order valence-electron chi connectivity index (χ3n) is 6.79. The molecule has 3 aromatic rings. The first kappa shape index (κ1) is 26.8. The zero-order chi connectivity index (χ0) is 26.7. The summed E-state index contributed by atoms with van der Waals surface area (Å²) < 4.78 is 55.8. The van der Waals surface area contributed by atoms with E-state index in [1.807, 2.05) is 11.5 Å². The lowest BCUT2D eigenvalue weighted by Gasteiger charge is -2.34. The van der Waals surface area contributed by atoms with Crippen molar-refractivity contribution in [3.8, 4) is 11.3 Å². The Morgan fingerprint density at radius 1 is 1.16 bits per heavy atom. The fourth-order valence-corrected chi connectivity index (χ4v) is 4.91. The molecule has 0 amide bonds. The Balaban J connectivity index is 1.60. The molecule has 0 unspecified atom stereocenters. The summed E-state index contributed by atoms with van der Waals surface area (Å²) in [5.74, 6) is 1.18. The van der Waals surface area contributed by atoms with Crippen LogP contribution in [0.4, 0.5) is 29.2 Å². The molecule has 1 aliphatic rings. The normalized spacial score (nSPS) is 15.1. The molecule has 11 heteroatoms. The van der Waals surface area contributed by atoms with Gasteiger partial charge in [0, 0.05) is 49.4 Å². The zero-order valence-corrected chi connectivity index (χ0v) is 21.3. The monoisotopic (exact) mass is 519 g/mol. The van der Waals surface area contributed by atoms with Crippen LogP contribution in [0.15, 0.2) is 30.7 Å². The first-order valence-electron chi connectivity index (χ1n) is 12.6. The molecule has 0 aliphatic carbocycles. The molecule has 1 aliphatic heterocycles. The maximum atomic E-state index is 13.9. The second-order valence-electron chi connectivity index (χ2n) is 9.64. The minimum atomic E-state index is -4.78. The number of rotatable bonds is 8. The summed E-state index contributed by atoms with van der Waals surface area (Å²) in [6.45, 7) is 9.76. The standard InChI is InChI=1S/C26H33F4N7/c1-4-32-9-12-37-14-21(18-5-6-20(27)19(13-18)26(28,29)30)35-24(37)17-7-10-36(11-8-17)25-22(16(2)3)23(31)33-15-34-25/h5-6,13-17,32H,4,7-12H2,1-3H3,(H2,31,33,34). The summed E-state index contributed by atoms with van der Waals surface area (Å²) in [5, 5.41) is 3.28. The van der Waals surface area contributed by atoms with Crippen LogP contribution in [0.5, 0.6) is 0 Å². The molecule has 3 heterocycles. The van der Waals surface area contributed by atoms with E-state index in [4.69, 9.17) is 10.7 Å². The van der Waals surface area contributed by atoms with Crippen molar-refractivity contribution in [3.05, 3.63) is 53.5 Å². The van der Waals surface area contributed by atoms with Gasteiger partial charge in [0.2, 0.25) is 0 Å². The van der Waals surface area contributed by atoms with Crippen LogP contribution in [0.1, 0.15) is 62.4 Å². The molecule has 0 bridgehead atoms. The molecule has 0 atom stereocenters. The molecule has 4 rings (SSSR count). The number of piperidine rings is 1. The van der Waals surface area contributed by atoms with Gasteiger partial charge in [-0.3, -0.25) is 0 Å². The highest BCUT2D eigenvalue weighted by Crippen LogP contribution is 2.37. The third-order valence-corrected chi connectivity index (χ3v) is 6.79. The molecule has 2 aromatic heterocycles. The predicted molar refractivity (Wildman–Crippen MR) is 136 cm³/mol. The quantitative estimate of drug-likeness (QED) is 0.315. The zero-order valence-electron chi connectivity index (χ0n) is 21.3. The highest BCUT2D eigenvalue weighted by atomic mass is 19.4. The molecular formula is C26H33F4N7. The Morgan fingerprint density at radius 2 is 1.89 bits per heavy atom. The van der Waals surface area contributed by atoms with Crippen LogP contribution >= 0.6 is 0 Å². The summed E-state index contributed by atoms with van der Waals surface area (Å²) in [6, 6.07) is 3.04. The number of alkyl halides is 3. The summed E-state index contributed by atoms with van der Waals surface area (Å²) in [5.41, 5.74) is 6.44. The Morgan fingerprint density at radius 3 is 2.54 bits per heavy atom. The summed E-state index contributed by atoms with van der Waals surface area (Å²) in [7, 11) is 0. The van der Waals surface area contributed by atoms with Gasteiger partial charge in [0.15, 0.2) is 0 Å². The van der Waals surface area contributed by atoms with E-state index in [-0.39, 0.29) is 17.4 Å². The van der Waals surface area contributed by atoms with Crippen LogP contribution in [0.25, 0.3) is 11.3 Å². The Bertz CT molecular complexity index is 1210. The van der Waals surface area contributed by atoms with Crippen LogP contribution in [0.3, 0.4) is 0 Å². The second-order valence-corrected chi connectivity index (χ2v) is 9.64. The Hall–Kier alpha value is -3.21. The minimum Gasteiger partial charge on any atom is -0.383 e. The number of hydrogen-bond acceptors (Lipinski definition) is 6. The van der Waals surface area contributed by atoms with Crippen LogP contribution < -0.4 is 16.0 Å². The molecular weight excluding hydrogens is 486 g/mol. The first-order chi connectivity index (χ1) is 17.6. The second kappa shape index (κ2) is 11.0. The van der Waals surface area contributed by atoms with Gasteiger partial charge >= 0.3 is 6.18 Å².